The van der Waals surface area contributed by atoms with Gasteiger partial charge in [-0.1, -0.05) is 18.1 Å². The molecule has 2 aromatic rings. The zero-order valence-electron chi connectivity index (χ0n) is 15.9. The number of carbonyl (C=O) groups excluding carboxylic acids is 4. The number of carbonyl (C=O) groups is 4. The maximum atomic E-state index is 12.9. The number of hydrogen-bond acceptors (Lipinski definition) is 5. The van der Waals surface area contributed by atoms with E-state index >= 15 is 0 Å². The molecule has 0 radical (unpaired) electrons. The number of nitrogens with zero attached hydrogens (tertiary/aromatic N) is 1. The number of esters is 1. The number of rotatable bonds is 5. The largest absolute Gasteiger partial charge is 0.452 e. The molecule has 29 heavy (non-hydrogen) atoms. The minimum Gasteiger partial charge on any atom is -0.452 e. The van der Waals surface area contributed by atoms with Crippen molar-refractivity contribution in [3.05, 3.63) is 64.2 Å². The molecule has 0 unspecified atom stereocenters. The molecule has 0 fully saturated rings. The van der Waals surface area contributed by atoms with Crippen molar-refractivity contribution in [1.82, 2.24) is 5.32 Å². The second-order valence-electron chi connectivity index (χ2n) is 6.55. The molecule has 7 heteroatoms. The van der Waals surface area contributed by atoms with Crippen molar-refractivity contribution >= 4 is 29.4 Å². The summed E-state index contributed by atoms with van der Waals surface area (Å²) in [4.78, 5) is 50.5. The Bertz CT molecular complexity index is 1080. The van der Waals surface area contributed by atoms with Crippen LogP contribution in [0.2, 0.25) is 0 Å². The first kappa shape index (κ1) is 19.8. The van der Waals surface area contributed by atoms with Gasteiger partial charge < -0.3 is 10.1 Å². The van der Waals surface area contributed by atoms with E-state index in [0.29, 0.717) is 5.69 Å². The van der Waals surface area contributed by atoms with Gasteiger partial charge in [-0.05, 0) is 49.2 Å². The minimum absolute atomic E-state index is 0.0278. The summed E-state index contributed by atoms with van der Waals surface area (Å²) < 4.78 is 4.93. The van der Waals surface area contributed by atoms with Gasteiger partial charge in [0.25, 0.3) is 17.7 Å². The number of nitrogens with one attached hydrogen (secondary N) is 1. The molecule has 0 spiro atoms. The van der Waals surface area contributed by atoms with Gasteiger partial charge in [0, 0.05) is 0 Å². The predicted octanol–water partition coefficient (Wildman–Crippen LogP) is 2.01. The number of hydrogen-bond donors (Lipinski definition) is 1. The highest BCUT2D eigenvalue weighted by Crippen LogP contribution is 2.31. The first-order chi connectivity index (χ1) is 13.8. The molecular weight excluding hydrogens is 372 g/mol. The molecule has 0 aliphatic carbocycles. The standard InChI is InChI=1S/C22H18N2O5/c1-4-9-23-19(25)12-29-22(28)15-7-8-16-17(11-15)21(27)24(20(16)26)18-10-13(2)5-6-14(18)3/h1,5-8,10-11H,9,12H2,2-3H3,(H,23,25). The molecule has 0 saturated heterocycles. The minimum atomic E-state index is -0.783. The third-order valence-corrected chi connectivity index (χ3v) is 4.45. The van der Waals surface area contributed by atoms with Crippen LogP contribution in [0.15, 0.2) is 36.4 Å². The Kier molecular flexibility index (Phi) is 5.46. The lowest BCUT2D eigenvalue weighted by molar-refractivity contribution is -0.123. The SMILES string of the molecule is C#CCNC(=O)COC(=O)c1ccc2c(c1)C(=O)N(c1cc(C)ccc1C)C2=O. The molecule has 2 aromatic carbocycles. The fraction of sp³-hybridized carbons (Fsp3) is 0.182. The van der Waals surface area contributed by atoms with Crippen LogP contribution in [0.1, 0.15) is 42.2 Å². The summed E-state index contributed by atoms with van der Waals surface area (Å²) >= 11 is 0. The molecule has 1 heterocycles. The van der Waals surface area contributed by atoms with Crippen LogP contribution in [0.5, 0.6) is 0 Å². The highest BCUT2D eigenvalue weighted by Gasteiger charge is 2.38. The molecule has 1 aliphatic heterocycles. The van der Waals surface area contributed by atoms with Crippen LogP contribution < -0.4 is 10.2 Å². The third-order valence-electron chi connectivity index (χ3n) is 4.45. The van der Waals surface area contributed by atoms with Gasteiger partial charge in [0.05, 0.1) is 28.9 Å². The maximum absolute atomic E-state index is 12.9. The lowest BCUT2D eigenvalue weighted by Crippen LogP contribution is -2.30. The summed E-state index contributed by atoms with van der Waals surface area (Å²) in [6.07, 6.45) is 5.03. The highest BCUT2D eigenvalue weighted by molar-refractivity contribution is 6.35. The van der Waals surface area contributed by atoms with Gasteiger partial charge in [-0.15, -0.1) is 6.42 Å². The highest BCUT2D eigenvalue weighted by atomic mass is 16.5. The Morgan fingerprint density at radius 1 is 1.07 bits per heavy atom. The molecule has 0 saturated carbocycles. The third kappa shape index (κ3) is 3.87. The number of aryl methyl sites for hydroxylation is 2. The van der Waals surface area contributed by atoms with Crippen LogP contribution in [-0.4, -0.2) is 36.8 Å². The van der Waals surface area contributed by atoms with E-state index in [4.69, 9.17) is 11.2 Å². The lowest BCUT2D eigenvalue weighted by atomic mass is 10.1. The van der Waals surface area contributed by atoms with Crippen LogP contribution in [0, 0.1) is 26.2 Å². The molecule has 1 aliphatic rings. The molecule has 0 atom stereocenters. The fourth-order valence-electron chi connectivity index (χ4n) is 2.96. The molecular formula is C22H18N2O5. The van der Waals surface area contributed by atoms with Gasteiger partial charge in [0.1, 0.15) is 0 Å². The topological polar surface area (TPSA) is 92.8 Å². The molecule has 0 bridgehead atoms. The van der Waals surface area contributed by atoms with E-state index in [9.17, 15) is 19.2 Å². The molecule has 146 valence electrons. The number of ether oxygens (including phenoxy) is 1. The van der Waals surface area contributed by atoms with Crippen LogP contribution in [0.4, 0.5) is 5.69 Å². The number of anilines is 1. The Hall–Kier alpha value is -3.92. The van der Waals surface area contributed by atoms with Crippen LogP contribution in [0.3, 0.4) is 0 Å². The Morgan fingerprint density at radius 2 is 1.79 bits per heavy atom. The van der Waals surface area contributed by atoms with Crippen molar-refractivity contribution in [2.45, 2.75) is 13.8 Å². The number of imide groups is 1. The lowest BCUT2D eigenvalue weighted by Gasteiger charge is -2.17. The number of fused-ring (bicyclic) bond motifs is 1. The Labute approximate surface area is 167 Å². The summed E-state index contributed by atoms with van der Waals surface area (Å²) in [5.74, 6) is -0.0522. The monoisotopic (exact) mass is 390 g/mol. The van der Waals surface area contributed by atoms with E-state index in [-0.39, 0.29) is 23.2 Å². The van der Waals surface area contributed by atoms with Gasteiger partial charge >= 0.3 is 5.97 Å². The van der Waals surface area contributed by atoms with Crippen molar-refractivity contribution in [1.29, 1.82) is 0 Å². The van der Waals surface area contributed by atoms with Gasteiger partial charge in [-0.25, -0.2) is 9.69 Å². The Morgan fingerprint density at radius 3 is 2.52 bits per heavy atom. The van der Waals surface area contributed by atoms with Gasteiger partial charge in [0.15, 0.2) is 6.61 Å². The van der Waals surface area contributed by atoms with Gasteiger partial charge in [-0.3, -0.25) is 14.4 Å². The molecule has 0 aromatic heterocycles. The summed E-state index contributed by atoms with van der Waals surface area (Å²) in [5.41, 5.74) is 2.58. The summed E-state index contributed by atoms with van der Waals surface area (Å²) in [6.45, 7) is 3.21. The van der Waals surface area contributed by atoms with Crippen LogP contribution in [0.25, 0.3) is 0 Å². The van der Waals surface area contributed by atoms with Crippen molar-refractivity contribution < 1.29 is 23.9 Å². The van der Waals surface area contributed by atoms with Crippen molar-refractivity contribution in [3.8, 4) is 12.3 Å². The maximum Gasteiger partial charge on any atom is 0.338 e. The molecule has 1 N–H and O–H groups in total. The summed E-state index contributed by atoms with van der Waals surface area (Å²) in [5, 5.41) is 2.37. The van der Waals surface area contributed by atoms with E-state index in [1.165, 1.54) is 18.2 Å². The van der Waals surface area contributed by atoms with Gasteiger partial charge in [0.2, 0.25) is 0 Å². The van der Waals surface area contributed by atoms with E-state index in [1.807, 2.05) is 26.0 Å². The molecule has 3 rings (SSSR count). The fourth-order valence-corrected chi connectivity index (χ4v) is 2.96. The van der Waals surface area contributed by atoms with Crippen molar-refractivity contribution in [3.63, 3.8) is 0 Å². The summed E-state index contributed by atoms with van der Waals surface area (Å²) in [6, 6.07) is 9.60. The second kappa shape index (κ2) is 7.98. The molecule has 3 amide bonds. The van der Waals surface area contributed by atoms with E-state index < -0.39 is 30.3 Å². The van der Waals surface area contributed by atoms with Gasteiger partial charge in [-0.2, -0.15) is 0 Å². The second-order valence-corrected chi connectivity index (χ2v) is 6.55. The first-order valence-corrected chi connectivity index (χ1v) is 8.81. The average Bonchev–Trinajstić information content (AvgIpc) is 2.96. The smallest absolute Gasteiger partial charge is 0.338 e. The van der Waals surface area contributed by atoms with Crippen molar-refractivity contribution in [2.24, 2.45) is 0 Å². The van der Waals surface area contributed by atoms with Crippen molar-refractivity contribution in [2.75, 3.05) is 18.1 Å². The summed E-state index contributed by atoms with van der Waals surface area (Å²) in [7, 11) is 0. The van der Waals surface area contributed by atoms with Crippen LogP contribution in [-0.2, 0) is 9.53 Å². The first-order valence-electron chi connectivity index (χ1n) is 8.81. The van der Waals surface area contributed by atoms with E-state index in [1.54, 1.807) is 6.07 Å². The normalized spacial score (nSPS) is 12.4. The predicted molar refractivity (Wildman–Crippen MR) is 106 cm³/mol. The quantitative estimate of drug-likeness (QED) is 0.479. The number of benzene rings is 2. The zero-order valence-corrected chi connectivity index (χ0v) is 15.9. The Balaban J connectivity index is 1.82. The zero-order chi connectivity index (χ0) is 21.1. The van der Waals surface area contributed by atoms with Crippen LogP contribution >= 0.6 is 0 Å². The van der Waals surface area contributed by atoms with E-state index in [2.05, 4.69) is 11.2 Å². The average molecular weight is 390 g/mol. The number of amides is 3. The molecule has 7 nitrogen and oxygen atoms in total. The number of terminal acetylenes is 1. The van der Waals surface area contributed by atoms with E-state index in [0.717, 1.165) is 16.0 Å².